The van der Waals surface area contributed by atoms with Crippen molar-refractivity contribution in [1.29, 1.82) is 0 Å². The van der Waals surface area contributed by atoms with Crippen molar-refractivity contribution >= 4 is 29.0 Å². The summed E-state index contributed by atoms with van der Waals surface area (Å²) in [5, 5.41) is 9.12. The van der Waals surface area contributed by atoms with Crippen LogP contribution >= 0.6 is 12.2 Å². The topological polar surface area (TPSA) is 57.6 Å². The number of thiocarbonyl (C=S) groups is 1. The highest BCUT2D eigenvalue weighted by atomic mass is 32.1. The summed E-state index contributed by atoms with van der Waals surface area (Å²) >= 11 is 5.37. The van der Waals surface area contributed by atoms with Gasteiger partial charge in [-0.1, -0.05) is 36.5 Å². The number of nitrogens with zero attached hydrogens (tertiary/aromatic N) is 1. The van der Waals surface area contributed by atoms with Crippen LogP contribution in [0.2, 0.25) is 0 Å². The Morgan fingerprint density at radius 3 is 2.29 bits per heavy atom. The number of Topliss-reactive ketones (excluding diaryl/α,β-unsaturated/α-hetero) is 1. The minimum Gasteiger partial charge on any atom is -0.480 e. The van der Waals surface area contributed by atoms with Crippen molar-refractivity contribution in [3.05, 3.63) is 35.4 Å². The van der Waals surface area contributed by atoms with Gasteiger partial charge in [0.1, 0.15) is 12.3 Å². The zero-order valence-corrected chi connectivity index (χ0v) is 12.9. The lowest BCUT2D eigenvalue weighted by molar-refractivity contribution is -0.137. The zero-order valence-electron chi connectivity index (χ0n) is 12.0. The van der Waals surface area contributed by atoms with Crippen LogP contribution in [0.5, 0.6) is 0 Å². The molecule has 0 aromatic heterocycles. The minimum atomic E-state index is -0.892. The predicted octanol–water partition coefficient (Wildman–Crippen LogP) is 2.24. The molecule has 0 atom stereocenters. The number of carbonyl (C=O) groups excluding carboxylic acids is 1. The molecule has 1 aromatic rings. The van der Waals surface area contributed by atoms with Crippen molar-refractivity contribution in [3.8, 4) is 0 Å². The molecule has 0 saturated carbocycles. The summed E-state index contributed by atoms with van der Waals surface area (Å²) in [5.41, 5.74) is 2.51. The first-order valence-electron chi connectivity index (χ1n) is 7.05. The molecule has 2 rings (SSSR count). The van der Waals surface area contributed by atoms with Gasteiger partial charge in [0.2, 0.25) is 0 Å². The average Bonchev–Trinajstić information content (AvgIpc) is 2.85. The van der Waals surface area contributed by atoms with Crippen LogP contribution in [0.15, 0.2) is 24.3 Å². The highest BCUT2D eigenvalue weighted by Gasteiger charge is 2.29. The molecule has 0 spiro atoms. The molecule has 1 aromatic carbocycles. The summed E-state index contributed by atoms with van der Waals surface area (Å²) < 4.78 is 0. The smallest absolute Gasteiger partial charge is 0.323 e. The quantitative estimate of drug-likeness (QED) is 0.817. The number of ketones is 1. The number of carbonyl (C=O) groups is 2. The molecule has 1 aliphatic rings. The molecule has 112 valence electrons. The fourth-order valence-electron chi connectivity index (χ4n) is 2.75. The molecule has 21 heavy (non-hydrogen) atoms. The largest absolute Gasteiger partial charge is 0.480 e. The summed E-state index contributed by atoms with van der Waals surface area (Å²) in [4.78, 5) is 24.6. The molecular weight excluding hydrogens is 286 g/mol. The molecule has 0 radical (unpaired) electrons. The van der Waals surface area contributed by atoms with Crippen LogP contribution < -0.4 is 0 Å². The Morgan fingerprint density at radius 2 is 1.81 bits per heavy atom. The van der Waals surface area contributed by atoms with E-state index in [9.17, 15) is 9.59 Å². The second-order valence-corrected chi connectivity index (χ2v) is 5.92. The van der Waals surface area contributed by atoms with Gasteiger partial charge in [0, 0.05) is 18.9 Å². The van der Waals surface area contributed by atoms with E-state index in [0.29, 0.717) is 17.8 Å². The molecular formula is C16H19NO3S. The highest BCUT2D eigenvalue weighted by molar-refractivity contribution is 7.80. The average molecular weight is 305 g/mol. The van der Waals surface area contributed by atoms with Crippen LogP contribution in [0.25, 0.3) is 0 Å². The SMILES string of the molecule is CC(=O)CCC(=S)N(CC(=O)O)C1Cc2ccccc2C1. The standard InChI is InChI=1S/C16H19NO3S/c1-11(18)6-7-15(21)17(10-16(19)20)14-8-12-4-2-3-5-13(12)9-14/h2-5,14H,6-10H2,1H3,(H,19,20). The molecule has 0 aliphatic heterocycles. The summed E-state index contributed by atoms with van der Waals surface area (Å²) in [6.07, 6.45) is 2.44. The van der Waals surface area contributed by atoms with E-state index < -0.39 is 5.97 Å². The van der Waals surface area contributed by atoms with Gasteiger partial charge < -0.3 is 14.8 Å². The number of aliphatic carboxylic acids is 1. The first-order chi connectivity index (χ1) is 9.97. The Kier molecular flexibility index (Phi) is 5.07. The third kappa shape index (κ3) is 4.11. The first kappa shape index (κ1) is 15.6. The summed E-state index contributed by atoms with van der Waals surface area (Å²) in [6, 6.07) is 8.23. The van der Waals surface area contributed by atoms with Gasteiger partial charge in [0.05, 0.1) is 4.99 Å². The van der Waals surface area contributed by atoms with Crippen molar-refractivity contribution in [2.24, 2.45) is 0 Å². The molecule has 4 nitrogen and oxygen atoms in total. The predicted molar refractivity (Wildman–Crippen MR) is 84.5 cm³/mol. The third-order valence-corrected chi connectivity index (χ3v) is 4.23. The minimum absolute atomic E-state index is 0.0716. The Balaban J connectivity index is 2.09. The lowest BCUT2D eigenvalue weighted by Gasteiger charge is -2.30. The van der Waals surface area contributed by atoms with Crippen LogP contribution in [-0.2, 0) is 22.4 Å². The van der Waals surface area contributed by atoms with Gasteiger partial charge in [0.25, 0.3) is 0 Å². The van der Waals surface area contributed by atoms with Gasteiger partial charge >= 0.3 is 5.97 Å². The Hall–Kier alpha value is -1.75. The van der Waals surface area contributed by atoms with Crippen LogP contribution in [0.1, 0.15) is 30.9 Å². The fourth-order valence-corrected chi connectivity index (χ4v) is 3.06. The summed E-state index contributed by atoms with van der Waals surface area (Å²) in [7, 11) is 0. The van der Waals surface area contributed by atoms with Gasteiger partial charge in [-0.2, -0.15) is 0 Å². The highest BCUT2D eigenvalue weighted by Crippen LogP contribution is 2.26. The lowest BCUT2D eigenvalue weighted by atomic mass is 10.1. The monoisotopic (exact) mass is 305 g/mol. The maximum absolute atomic E-state index is 11.1. The van der Waals surface area contributed by atoms with E-state index in [1.54, 1.807) is 4.90 Å². The fraction of sp³-hybridized carbons (Fsp3) is 0.438. The van der Waals surface area contributed by atoms with E-state index in [0.717, 1.165) is 12.8 Å². The van der Waals surface area contributed by atoms with Crippen molar-refractivity contribution in [3.63, 3.8) is 0 Å². The van der Waals surface area contributed by atoms with Gasteiger partial charge in [-0.15, -0.1) is 0 Å². The molecule has 1 N–H and O–H groups in total. The Bertz CT molecular complexity index is 545. The van der Waals surface area contributed by atoms with E-state index in [2.05, 4.69) is 12.1 Å². The molecule has 5 heteroatoms. The van der Waals surface area contributed by atoms with Crippen LogP contribution in [-0.4, -0.2) is 39.3 Å². The second kappa shape index (κ2) is 6.80. The molecule has 0 unspecified atom stereocenters. The number of benzene rings is 1. The zero-order chi connectivity index (χ0) is 15.4. The van der Waals surface area contributed by atoms with Gasteiger partial charge in [-0.05, 0) is 30.9 Å². The lowest BCUT2D eigenvalue weighted by Crippen LogP contribution is -2.43. The Morgan fingerprint density at radius 1 is 1.24 bits per heavy atom. The van der Waals surface area contributed by atoms with Crippen LogP contribution in [0, 0.1) is 0 Å². The molecule has 0 bridgehead atoms. The molecule has 0 fully saturated rings. The van der Waals surface area contributed by atoms with E-state index in [-0.39, 0.29) is 18.4 Å². The van der Waals surface area contributed by atoms with Gasteiger partial charge in [-0.3, -0.25) is 4.79 Å². The van der Waals surface area contributed by atoms with Crippen LogP contribution in [0.4, 0.5) is 0 Å². The molecule has 0 heterocycles. The van der Waals surface area contributed by atoms with Crippen molar-refractivity contribution in [2.75, 3.05) is 6.54 Å². The normalized spacial score (nSPS) is 13.8. The maximum Gasteiger partial charge on any atom is 0.323 e. The number of hydrogen-bond donors (Lipinski definition) is 1. The number of fused-ring (bicyclic) bond motifs is 1. The molecule has 0 saturated heterocycles. The van der Waals surface area contributed by atoms with Crippen LogP contribution in [0.3, 0.4) is 0 Å². The number of hydrogen-bond acceptors (Lipinski definition) is 3. The maximum atomic E-state index is 11.1. The van der Waals surface area contributed by atoms with Crippen molar-refractivity contribution < 1.29 is 14.7 Å². The second-order valence-electron chi connectivity index (χ2n) is 5.45. The number of carboxylic acids is 1. The van der Waals surface area contributed by atoms with Crippen molar-refractivity contribution in [1.82, 2.24) is 4.90 Å². The number of carboxylic acid groups (broad SMARTS) is 1. The summed E-state index contributed by atoms with van der Waals surface area (Å²) in [6.45, 7) is 1.42. The van der Waals surface area contributed by atoms with Crippen molar-refractivity contribution in [2.45, 2.75) is 38.6 Å². The van der Waals surface area contributed by atoms with E-state index in [1.807, 2.05) is 12.1 Å². The van der Waals surface area contributed by atoms with E-state index in [1.165, 1.54) is 18.1 Å². The number of rotatable bonds is 6. The first-order valence-corrected chi connectivity index (χ1v) is 7.45. The molecule has 1 aliphatic carbocycles. The van der Waals surface area contributed by atoms with E-state index in [4.69, 9.17) is 17.3 Å². The third-order valence-electron chi connectivity index (χ3n) is 3.79. The van der Waals surface area contributed by atoms with Gasteiger partial charge in [-0.25, -0.2) is 0 Å². The van der Waals surface area contributed by atoms with E-state index >= 15 is 0 Å². The Labute approximate surface area is 129 Å². The van der Waals surface area contributed by atoms with Gasteiger partial charge in [0.15, 0.2) is 0 Å². The molecule has 0 amide bonds. The summed E-state index contributed by atoms with van der Waals surface area (Å²) in [5.74, 6) is -0.821.